The number of ether oxygens (including phenoxy) is 1. The van der Waals surface area contributed by atoms with Crippen molar-refractivity contribution in [3.8, 4) is 0 Å². The van der Waals surface area contributed by atoms with Gasteiger partial charge in [0, 0.05) is 15.9 Å². The highest BCUT2D eigenvalue weighted by atomic mass is 79.9. The summed E-state index contributed by atoms with van der Waals surface area (Å²) in [4.78, 5) is 15.1. The van der Waals surface area contributed by atoms with E-state index in [0.717, 1.165) is 10.0 Å². The molecule has 0 heterocycles. The fourth-order valence-electron chi connectivity index (χ4n) is 1.95. The molecular weight excluding hydrogens is 336 g/mol. The van der Waals surface area contributed by atoms with E-state index in [0.29, 0.717) is 26.1 Å². The molecule has 0 aromatic heterocycles. The number of esters is 1. The molecule has 7 heteroatoms. The van der Waals surface area contributed by atoms with Crippen molar-refractivity contribution in [2.45, 2.75) is 25.8 Å². The number of benzene rings is 1. The summed E-state index contributed by atoms with van der Waals surface area (Å²) in [7, 11) is 0. The Hall–Kier alpha value is -1.56. The number of azide groups is 1. The molecule has 0 amide bonds. The summed E-state index contributed by atoms with van der Waals surface area (Å²) in [6.07, 6.45) is 0.642. The van der Waals surface area contributed by atoms with Crippen molar-refractivity contribution in [3.05, 3.63) is 44.7 Å². The highest BCUT2D eigenvalue weighted by Crippen LogP contribution is 2.29. The molecule has 6 nitrogen and oxygen atoms in total. The zero-order valence-corrected chi connectivity index (χ0v) is 13.8. The van der Waals surface area contributed by atoms with Crippen LogP contribution in [0.15, 0.2) is 33.9 Å². The molecule has 1 rings (SSSR count). The van der Waals surface area contributed by atoms with E-state index in [2.05, 4.69) is 31.3 Å². The SMILES string of the molecule is CCOC(=O)C(C)(NCCCN=[N+]=[N-])c1ccccc1Br. The van der Waals surface area contributed by atoms with Crippen LogP contribution in [0.2, 0.25) is 0 Å². The average Bonchev–Trinajstić information content (AvgIpc) is 2.47. The van der Waals surface area contributed by atoms with E-state index in [1.807, 2.05) is 24.3 Å². The summed E-state index contributed by atoms with van der Waals surface area (Å²) in [5.41, 5.74) is 8.12. The van der Waals surface area contributed by atoms with Crippen molar-refractivity contribution < 1.29 is 9.53 Å². The third-order valence-corrected chi connectivity index (χ3v) is 3.76. The highest BCUT2D eigenvalue weighted by molar-refractivity contribution is 9.10. The van der Waals surface area contributed by atoms with Gasteiger partial charge in [0.25, 0.3) is 0 Å². The number of halogens is 1. The number of nitrogens with one attached hydrogen (secondary N) is 1. The molecule has 1 aromatic rings. The van der Waals surface area contributed by atoms with Crippen LogP contribution >= 0.6 is 15.9 Å². The van der Waals surface area contributed by atoms with Crippen molar-refractivity contribution in [2.75, 3.05) is 19.7 Å². The monoisotopic (exact) mass is 354 g/mol. The Kier molecular flexibility index (Phi) is 7.22. The smallest absolute Gasteiger partial charge is 0.330 e. The maximum Gasteiger partial charge on any atom is 0.330 e. The van der Waals surface area contributed by atoms with Gasteiger partial charge in [0.1, 0.15) is 5.54 Å². The van der Waals surface area contributed by atoms with Crippen LogP contribution in [0.5, 0.6) is 0 Å². The molecule has 1 unspecified atom stereocenters. The Bertz CT molecular complexity index is 531. The van der Waals surface area contributed by atoms with E-state index in [4.69, 9.17) is 10.3 Å². The van der Waals surface area contributed by atoms with Gasteiger partial charge < -0.3 is 4.74 Å². The minimum atomic E-state index is -0.952. The van der Waals surface area contributed by atoms with Crippen molar-refractivity contribution >= 4 is 21.9 Å². The standard InChI is InChI=1S/C14H19BrN4O2/c1-3-21-13(20)14(2,17-9-6-10-18-19-16)11-7-4-5-8-12(11)15/h4-5,7-8,17H,3,6,9-10H2,1-2H3. The number of carbonyl (C=O) groups is 1. The Morgan fingerprint density at radius 3 is 2.86 bits per heavy atom. The van der Waals surface area contributed by atoms with Gasteiger partial charge in [0.05, 0.1) is 6.61 Å². The molecule has 0 aliphatic heterocycles. The fraction of sp³-hybridized carbons (Fsp3) is 0.500. The van der Waals surface area contributed by atoms with Crippen LogP contribution in [0.3, 0.4) is 0 Å². The maximum atomic E-state index is 12.4. The Balaban J connectivity index is 2.92. The second-order valence-corrected chi connectivity index (χ2v) is 5.41. The van der Waals surface area contributed by atoms with Crippen LogP contribution in [-0.4, -0.2) is 25.7 Å². The summed E-state index contributed by atoms with van der Waals surface area (Å²) in [6.45, 7) is 4.81. The number of hydrogen-bond acceptors (Lipinski definition) is 4. The number of hydrogen-bond donors (Lipinski definition) is 1. The first-order valence-electron chi connectivity index (χ1n) is 6.74. The molecule has 0 aliphatic rings. The third kappa shape index (κ3) is 4.74. The van der Waals surface area contributed by atoms with Gasteiger partial charge in [-0.15, -0.1) is 0 Å². The summed E-state index contributed by atoms with van der Waals surface area (Å²) in [5.74, 6) is -0.333. The molecule has 0 radical (unpaired) electrons. The predicted octanol–water partition coefficient (Wildman–Crippen LogP) is 3.52. The van der Waals surface area contributed by atoms with E-state index in [9.17, 15) is 4.79 Å². The minimum Gasteiger partial charge on any atom is -0.464 e. The second kappa shape index (κ2) is 8.67. The fourth-order valence-corrected chi connectivity index (χ4v) is 2.63. The Morgan fingerprint density at radius 1 is 1.52 bits per heavy atom. The molecular formula is C14H19BrN4O2. The zero-order valence-electron chi connectivity index (χ0n) is 12.2. The van der Waals surface area contributed by atoms with Crippen molar-refractivity contribution in [3.63, 3.8) is 0 Å². The molecule has 21 heavy (non-hydrogen) atoms. The summed E-state index contributed by atoms with van der Waals surface area (Å²) >= 11 is 3.47. The number of rotatable bonds is 8. The van der Waals surface area contributed by atoms with Crippen LogP contribution in [0.25, 0.3) is 10.4 Å². The zero-order chi connectivity index (χ0) is 15.7. The molecule has 1 aromatic carbocycles. The lowest BCUT2D eigenvalue weighted by Gasteiger charge is -2.30. The van der Waals surface area contributed by atoms with E-state index in [-0.39, 0.29) is 5.97 Å². The molecule has 0 bridgehead atoms. The molecule has 0 fully saturated rings. The Morgan fingerprint density at radius 2 is 2.24 bits per heavy atom. The maximum absolute atomic E-state index is 12.4. The van der Waals surface area contributed by atoms with Gasteiger partial charge in [-0.2, -0.15) is 0 Å². The highest BCUT2D eigenvalue weighted by Gasteiger charge is 2.37. The molecule has 0 saturated heterocycles. The predicted molar refractivity (Wildman–Crippen MR) is 84.8 cm³/mol. The molecule has 0 aliphatic carbocycles. The van der Waals surface area contributed by atoms with Crippen LogP contribution in [-0.2, 0) is 15.1 Å². The quantitative estimate of drug-likeness (QED) is 0.254. The first-order chi connectivity index (χ1) is 10.1. The van der Waals surface area contributed by atoms with Crippen molar-refractivity contribution in [1.29, 1.82) is 0 Å². The van der Waals surface area contributed by atoms with E-state index in [1.54, 1.807) is 13.8 Å². The summed E-state index contributed by atoms with van der Waals surface area (Å²) < 4.78 is 6.03. The van der Waals surface area contributed by atoms with Crippen LogP contribution in [0.4, 0.5) is 0 Å². The van der Waals surface area contributed by atoms with Gasteiger partial charge >= 0.3 is 5.97 Å². The van der Waals surface area contributed by atoms with E-state index in [1.165, 1.54) is 0 Å². The van der Waals surface area contributed by atoms with E-state index < -0.39 is 5.54 Å². The summed E-state index contributed by atoms with van der Waals surface area (Å²) in [6, 6.07) is 7.52. The van der Waals surface area contributed by atoms with Gasteiger partial charge in [0.2, 0.25) is 0 Å². The van der Waals surface area contributed by atoms with Crippen LogP contribution in [0.1, 0.15) is 25.8 Å². The largest absolute Gasteiger partial charge is 0.464 e. The van der Waals surface area contributed by atoms with Gasteiger partial charge in [-0.1, -0.05) is 39.2 Å². The lowest BCUT2D eigenvalue weighted by molar-refractivity contribution is -0.151. The van der Waals surface area contributed by atoms with E-state index >= 15 is 0 Å². The summed E-state index contributed by atoms with van der Waals surface area (Å²) in [5, 5.41) is 6.69. The average molecular weight is 355 g/mol. The van der Waals surface area contributed by atoms with Gasteiger partial charge in [-0.25, -0.2) is 4.79 Å². The Labute approximate surface area is 132 Å². The van der Waals surface area contributed by atoms with Crippen molar-refractivity contribution in [1.82, 2.24) is 5.32 Å². The van der Waals surface area contributed by atoms with Gasteiger partial charge in [0.15, 0.2) is 0 Å². The van der Waals surface area contributed by atoms with Gasteiger partial charge in [-0.3, -0.25) is 5.32 Å². The lowest BCUT2D eigenvalue weighted by atomic mass is 9.92. The molecule has 0 saturated carbocycles. The molecule has 1 atom stereocenters. The first kappa shape index (κ1) is 17.5. The normalized spacial score (nSPS) is 13.1. The van der Waals surface area contributed by atoms with Crippen molar-refractivity contribution in [2.24, 2.45) is 5.11 Å². The molecule has 0 spiro atoms. The second-order valence-electron chi connectivity index (χ2n) is 4.56. The topological polar surface area (TPSA) is 87.1 Å². The first-order valence-corrected chi connectivity index (χ1v) is 7.53. The van der Waals surface area contributed by atoms with Gasteiger partial charge in [-0.05, 0) is 44.0 Å². The van der Waals surface area contributed by atoms with Crippen LogP contribution in [0, 0.1) is 0 Å². The third-order valence-electron chi connectivity index (χ3n) is 3.07. The lowest BCUT2D eigenvalue weighted by Crippen LogP contribution is -2.48. The molecule has 114 valence electrons. The number of carbonyl (C=O) groups excluding carboxylic acids is 1. The van der Waals surface area contributed by atoms with Crippen LogP contribution < -0.4 is 5.32 Å². The minimum absolute atomic E-state index is 0.319. The molecule has 1 N–H and O–H groups in total. The number of nitrogens with zero attached hydrogens (tertiary/aromatic N) is 3.